The topological polar surface area (TPSA) is 96.3 Å². The van der Waals surface area contributed by atoms with Gasteiger partial charge in [0.15, 0.2) is 11.2 Å². The van der Waals surface area contributed by atoms with Crippen molar-refractivity contribution in [2.45, 2.75) is 26.4 Å². The molecule has 0 saturated heterocycles. The highest BCUT2D eigenvalue weighted by Crippen LogP contribution is 2.11. The molecule has 9 nitrogen and oxygen atoms in total. The Hall–Kier alpha value is -3.36. The standard InChI is InChI=1S/C16H16N8O/c1-2-8-23-13(17-10-19-23)9-22-11-18-15-14(16(22)25)20-21-24(15)12-6-4-3-5-7-12/h3-7,10-11H,2,8-9H2,1H3. The van der Waals surface area contributed by atoms with Crippen molar-refractivity contribution in [3.05, 3.63) is 59.2 Å². The lowest BCUT2D eigenvalue weighted by molar-refractivity contribution is 0.549. The van der Waals surface area contributed by atoms with Gasteiger partial charge in [-0.15, -0.1) is 5.10 Å². The van der Waals surface area contributed by atoms with Crippen LogP contribution in [0.3, 0.4) is 0 Å². The average Bonchev–Trinajstić information content (AvgIpc) is 3.26. The van der Waals surface area contributed by atoms with Gasteiger partial charge in [-0.25, -0.2) is 14.6 Å². The first-order chi connectivity index (χ1) is 12.3. The first-order valence-electron chi connectivity index (χ1n) is 8.01. The Labute approximate surface area is 142 Å². The van der Waals surface area contributed by atoms with Crippen molar-refractivity contribution >= 4 is 11.2 Å². The fourth-order valence-corrected chi connectivity index (χ4v) is 2.66. The second-order valence-corrected chi connectivity index (χ2v) is 5.59. The van der Waals surface area contributed by atoms with E-state index < -0.39 is 0 Å². The molecule has 9 heteroatoms. The molecule has 25 heavy (non-hydrogen) atoms. The molecule has 0 aliphatic rings. The summed E-state index contributed by atoms with van der Waals surface area (Å²) in [6.45, 7) is 3.11. The van der Waals surface area contributed by atoms with Gasteiger partial charge in [-0.05, 0) is 18.6 Å². The van der Waals surface area contributed by atoms with Gasteiger partial charge in [-0.3, -0.25) is 9.36 Å². The van der Waals surface area contributed by atoms with Gasteiger partial charge in [0.2, 0.25) is 0 Å². The summed E-state index contributed by atoms with van der Waals surface area (Å²) < 4.78 is 4.82. The SMILES string of the molecule is CCCn1ncnc1Cn1cnc2c(nnn2-c2ccccc2)c1=O. The molecule has 0 bridgehead atoms. The number of aromatic nitrogens is 8. The minimum absolute atomic E-state index is 0.230. The van der Waals surface area contributed by atoms with Crippen molar-refractivity contribution in [3.8, 4) is 5.69 Å². The van der Waals surface area contributed by atoms with E-state index in [-0.39, 0.29) is 11.1 Å². The van der Waals surface area contributed by atoms with Gasteiger partial charge in [0.05, 0.1) is 12.2 Å². The van der Waals surface area contributed by atoms with Gasteiger partial charge in [0, 0.05) is 6.54 Å². The number of para-hydroxylation sites is 1. The molecule has 0 saturated carbocycles. The molecule has 4 rings (SSSR count). The second-order valence-electron chi connectivity index (χ2n) is 5.59. The molecular weight excluding hydrogens is 320 g/mol. The quantitative estimate of drug-likeness (QED) is 0.540. The van der Waals surface area contributed by atoms with Crippen LogP contribution in [0, 0.1) is 0 Å². The summed E-state index contributed by atoms with van der Waals surface area (Å²) in [6.07, 6.45) is 3.93. The first-order valence-corrected chi connectivity index (χ1v) is 8.01. The molecule has 0 radical (unpaired) electrons. The lowest BCUT2D eigenvalue weighted by atomic mass is 10.3. The number of hydrogen-bond acceptors (Lipinski definition) is 6. The van der Waals surface area contributed by atoms with E-state index in [0.29, 0.717) is 18.0 Å². The summed E-state index contributed by atoms with van der Waals surface area (Å²) in [5.74, 6) is 0.709. The van der Waals surface area contributed by atoms with Gasteiger partial charge in [-0.1, -0.05) is 30.3 Å². The van der Waals surface area contributed by atoms with Crippen LogP contribution >= 0.6 is 0 Å². The number of fused-ring (bicyclic) bond motifs is 1. The number of benzene rings is 1. The third-order valence-corrected chi connectivity index (χ3v) is 3.87. The number of rotatable bonds is 5. The maximum atomic E-state index is 12.7. The van der Waals surface area contributed by atoms with Gasteiger partial charge in [0.25, 0.3) is 5.56 Å². The fraction of sp³-hybridized carbons (Fsp3) is 0.250. The van der Waals surface area contributed by atoms with Crippen molar-refractivity contribution in [1.29, 1.82) is 0 Å². The Bertz CT molecular complexity index is 1060. The lowest BCUT2D eigenvalue weighted by Crippen LogP contribution is -2.23. The Kier molecular flexibility index (Phi) is 3.81. The Balaban J connectivity index is 1.74. The Morgan fingerprint density at radius 2 is 1.96 bits per heavy atom. The van der Waals surface area contributed by atoms with Gasteiger partial charge in [-0.2, -0.15) is 9.78 Å². The van der Waals surface area contributed by atoms with Crippen LogP contribution in [0.15, 0.2) is 47.8 Å². The van der Waals surface area contributed by atoms with Crippen LogP contribution in [0.2, 0.25) is 0 Å². The highest BCUT2D eigenvalue weighted by atomic mass is 16.1. The molecule has 0 spiro atoms. The van der Waals surface area contributed by atoms with E-state index in [0.717, 1.165) is 18.7 Å². The van der Waals surface area contributed by atoms with Crippen LogP contribution < -0.4 is 5.56 Å². The van der Waals surface area contributed by atoms with Crippen LogP contribution in [0.1, 0.15) is 19.2 Å². The molecule has 4 aromatic rings. The van der Waals surface area contributed by atoms with Gasteiger partial charge in [0.1, 0.15) is 18.5 Å². The molecule has 1 aromatic carbocycles. The highest BCUT2D eigenvalue weighted by Gasteiger charge is 2.14. The molecule has 0 aliphatic carbocycles. The third kappa shape index (κ3) is 2.69. The van der Waals surface area contributed by atoms with Crippen LogP contribution in [0.5, 0.6) is 0 Å². The number of aryl methyl sites for hydroxylation is 1. The average molecular weight is 336 g/mol. The molecule has 126 valence electrons. The van der Waals surface area contributed by atoms with Crippen molar-refractivity contribution in [2.24, 2.45) is 0 Å². The number of hydrogen-bond donors (Lipinski definition) is 0. The van der Waals surface area contributed by atoms with Crippen LogP contribution in [-0.4, -0.2) is 39.3 Å². The van der Waals surface area contributed by atoms with E-state index in [4.69, 9.17) is 0 Å². The largest absolute Gasteiger partial charge is 0.289 e. The molecular formula is C16H16N8O. The van der Waals surface area contributed by atoms with E-state index in [2.05, 4.69) is 32.3 Å². The molecule has 0 aliphatic heterocycles. The zero-order chi connectivity index (χ0) is 17.2. The van der Waals surface area contributed by atoms with E-state index in [1.807, 2.05) is 30.3 Å². The summed E-state index contributed by atoms with van der Waals surface area (Å²) in [5.41, 5.74) is 1.21. The van der Waals surface area contributed by atoms with E-state index in [1.54, 1.807) is 9.36 Å². The zero-order valence-corrected chi connectivity index (χ0v) is 13.6. The minimum atomic E-state index is -0.252. The Morgan fingerprint density at radius 1 is 1.12 bits per heavy atom. The van der Waals surface area contributed by atoms with Crippen molar-refractivity contribution in [3.63, 3.8) is 0 Å². The van der Waals surface area contributed by atoms with Crippen molar-refractivity contribution in [1.82, 2.24) is 39.3 Å². The smallest absolute Gasteiger partial charge is 0.283 e. The molecule has 3 aromatic heterocycles. The van der Waals surface area contributed by atoms with Crippen molar-refractivity contribution in [2.75, 3.05) is 0 Å². The zero-order valence-electron chi connectivity index (χ0n) is 13.6. The molecule has 0 amide bonds. The highest BCUT2D eigenvalue weighted by molar-refractivity contribution is 5.70. The lowest BCUT2D eigenvalue weighted by Gasteiger charge is -2.06. The molecule has 0 N–H and O–H groups in total. The monoisotopic (exact) mass is 336 g/mol. The van der Waals surface area contributed by atoms with Crippen LogP contribution in [-0.2, 0) is 13.1 Å². The van der Waals surface area contributed by atoms with E-state index in [9.17, 15) is 4.79 Å². The minimum Gasteiger partial charge on any atom is -0.289 e. The van der Waals surface area contributed by atoms with Crippen molar-refractivity contribution < 1.29 is 0 Å². The fourth-order valence-electron chi connectivity index (χ4n) is 2.66. The van der Waals surface area contributed by atoms with E-state index in [1.165, 1.54) is 17.2 Å². The third-order valence-electron chi connectivity index (χ3n) is 3.87. The maximum absolute atomic E-state index is 12.7. The summed E-state index contributed by atoms with van der Waals surface area (Å²) >= 11 is 0. The number of nitrogens with zero attached hydrogens (tertiary/aromatic N) is 8. The summed E-state index contributed by atoms with van der Waals surface area (Å²) in [4.78, 5) is 21.3. The summed E-state index contributed by atoms with van der Waals surface area (Å²) in [7, 11) is 0. The van der Waals surface area contributed by atoms with E-state index >= 15 is 0 Å². The molecule has 0 fully saturated rings. The predicted octanol–water partition coefficient (Wildman–Crippen LogP) is 1.03. The van der Waals surface area contributed by atoms with Gasteiger partial charge >= 0.3 is 0 Å². The predicted molar refractivity (Wildman–Crippen MR) is 90.3 cm³/mol. The second kappa shape index (κ2) is 6.27. The van der Waals surface area contributed by atoms with Crippen LogP contribution in [0.4, 0.5) is 0 Å². The van der Waals surface area contributed by atoms with Crippen LogP contribution in [0.25, 0.3) is 16.9 Å². The Morgan fingerprint density at radius 3 is 2.76 bits per heavy atom. The normalized spacial score (nSPS) is 11.2. The molecule has 0 unspecified atom stereocenters. The summed E-state index contributed by atoms with van der Waals surface area (Å²) in [6, 6.07) is 9.47. The maximum Gasteiger partial charge on any atom is 0.283 e. The van der Waals surface area contributed by atoms with Gasteiger partial charge < -0.3 is 0 Å². The summed E-state index contributed by atoms with van der Waals surface area (Å²) in [5, 5.41) is 12.3. The first kappa shape index (κ1) is 15.2. The molecule has 0 atom stereocenters. The molecule has 3 heterocycles.